The predicted octanol–water partition coefficient (Wildman–Crippen LogP) is 1.43. The normalized spacial score (nSPS) is 10.0. The van der Waals surface area contributed by atoms with Gasteiger partial charge in [0.25, 0.3) is 0 Å². The van der Waals surface area contributed by atoms with Crippen molar-refractivity contribution >= 4 is 11.4 Å². The molecule has 0 aliphatic carbocycles. The van der Waals surface area contributed by atoms with Gasteiger partial charge in [0.1, 0.15) is 5.75 Å². The molecular weight excluding hydrogens is 190 g/mol. The Kier molecular flexibility index (Phi) is 4.77. The van der Waals surface area contributed by atoms with Gasteiger partial charge in [0.2, 0.25) is 0 Å². The summed E-state index contributed by atoms with van der Waals surface area (Å²) in [4.78, 5) is 0. The molecule has 0 fully saturated rings. The predicted molar refractivity (Wildman–Crippen MR) is 64.2 cm³/mol. The Hall–Kier alpha value is -1.42. The Balaban J connectivity index is 2.66. The van der Waals surface area contributed by atoms with Gasteiger partial charge in [-0.2, -0.15) is 0 Å². The van der Waals surface area contributed by atoms with Crippen molar-refractivity contribution < 1.29 is 4.74 Å². The van der Waals surface area contributed by atoms with Crippen molar-refractivity contribution in [2.45, 2.75) is 13.3 Å². The molecule has 0 amide bonds. The van der Waals surface area contributed by atoms with Crippen LogP contribution in [0.15, 0.2) is 18.2 Å². The Bertz CT molecular complexity index is 276. The molecule has 0 bridgehead atoms. The molecule has 5 N–H and O–H groups in total. The third kappa shape index (κ3) is 4.08. The van der Waals surface area contributed by atoms with Crippen molar-refractivity contribution in [3.63, 3.8) is 0 Å². The van der Waals surface area contributed by atoms with Crippen LogP contribution in [0.5, 0.6) is 5.75 Å². The topological polar surface area (TPSA) is 73.3 Å². The lowest BCUT2D eigenvalue weighted by Gasteiger charge is -2.10. The second kappa shape index (κ2) is 6.14. The second-order valence-corrected chi connectivity index (χ2v) is 3.35. The van der Waals surface area contributed by atoms with Crippen LogP contribution < -0.4 is 21.5 Å². The average Bonchev–Trinajstić information content (AvgIpc) is 2.23. The summed E-state index contributed by atoms with van der Waals surface area (Å²) in [5.74, 6) is 0.802. The van der Waals surface area contributed by atoms with Crippen LogP contribution in [-0.2, 0) is 0 Å². The summed E-state index contributed by atoms with van der Waals surface area (Å²) in [6.07, 6.45) is 0.986. The SMILES string of the molecule is CCCOc1cc(N)cc(NCCN)c1. The minimum atomic E-state index is 0.597. The number of rotatable bonds is 6. The molecule has 0 atom stereocenters. The van der Waals surface area contributed by atoms with E-state index in [2.05, 4.69) is 12.2 Å². The molecule has 0 spiro atoms. The molecule has 4 nitrogen and oxygen atoms in total. The van der Waals surface area contributed by atoms with Gasteiger partial charge in [0.15, 0.2) is 0 Å². The smallest absolute Gasteiger partial charge is 0.123 e. The Morgan fingerprint density at radius 2 is 2.13 bits per heavy atom. The quantitative estimate of drug-likeness (QED) is 0.620. The number of nitrogens with two attached hydrogens (primary N) is 2. The fourth-order valence-electron chi connectivity index (χ4n) is 1.24. The summed E-state index contributed by atoms with van der Waals surface area (Å²) in [7, 11) is 0. The van der Waals surface area contributed by atoms with Gasteiger partial charge in [-0.15, -0.1) is 0 Å². The standard InChI is InChI=1S/C11H19N3O/c1-2-5-15-11-7-9(13)6-10(8-11)14-4-3-12/h6-8,14H,2-5,12-13H2,1H3. The molecule has 0 aliphatic rings. The zero-order chi connectivity index (χ0) is 11.1. The van der Waals surface area contributed by atoms with Gasteiger partial charge in [-0.1, -0.05) is 6.92 Å². The first-order valence-electron chi connectivity index (χ1n) is 5.23. The van der Waals surface area contributed by atoms with Gasteiger partial charge in [0.05, 0.1) is 6.61 Å². The summed E-state index contributed by atoms with van der Waals surface area (Å²) in [6.45, 7) is 4.11. The lowest BCUT2D eigenvalue weighted by molar-refractivity contribution is 0.318. The third-order valence-electron chi connectivity index (χ3n) is 1.88. The summed E-state index contributed by atoms with van der Waals surface area (Å²) >= 11 is 0. The summed E-state index contributed by atoms with van der Waals surface area (Å²) in [5.41, 5.74) is 12.8. The first kappa shape index (κ1) is 11.7. The first-order valence-corrected chi connectivity index (χ1v) is 5.23. The van der Waals surface area contributed by atoms with Gasteiger partial charge in [-0.05, 0) is 12.5 Å². The van der Waals surface area contributed by atoms with Crippen molar-refractivity contribution in [1.82, 2.24) is 0 Å². The molecule has 0 unspecified atom stereocenters. The van der Waals surface area contributed by atoms with Crippen LogP contribution >= 0.6 is 0 Å². The molecule has 0 heterocycles. The van der Waals surface area contributed by atoms with Crippen molar-refractivity contribution in [2.75, 3.05) is 30.7 Å². The minimum absolute atomic E-state index is 0.597. The van der Waals surface area contributed by atoms with Gasteiger partial charge < -0.3 is 21.5 Å². The molecule has 4 heteroatoms. The molecule has 1 aromatic rings. The summed E-state index contributed by atoms with van der Waals surface area (Å²) in [5, 5.41) is 3.17. The summed E-state index contributed by atoms with van der Waals surface area (Å²) < 4.78 is 5.51. The summed E-state index contributed by atoms with van der Waals surface area (Å²) in [6, 6.07) is 5.62. The van der Waals surface area contributed by atoms with E-state index >= 15 is 0 Å². The van der Waals surface area contributed by atoms with Crippen molar-refractivity contribution in [3.05, 3.63) is 18.2 Å². The first-order chi connectivity index (χ1) is 7.26. The maximum absolute atomic E-state index is 5.75. The lowest BCUT2D eigenvalue weighted by atomic mass is 10.2. The second-order valence-electron chi connectivity index (χ2n) is 3.35. The average molecular weight is 209 g/mol. The van der Waals surface area contributed by atoms with Crippen LogP contribution in [0.2, 0.25) is 0 Å². The van der Waals surface area contributed by atoms with Crippen molar-refractivity contribution in [1.29, 1.82) is 0 Å². The van der Waals surface area contributed by atoms with Gasteiger partial charge >= 0.3 is 0 Å². The molecule has 0 radical (unpaired) electrons. The van der Waals surface area contributed by atoms with E-state index in [4.69, 9.17) is 16.2 Å². The highest BCUT2D eigenvalue weighted by atomic mass is 16.5. The zero-order valence-corrected chi connectivity index (χ0v) is 9.12. The maximum Gasteiger partial charge on any atom is 0.123 e. The fourth-order valence-corrected chi connectivity index (χ4v) is 1.24. The number of ether oxygens (including phenoxy) is 1. The van der Waals surface area contributed by atoms with Gasteiger partial charge in [-0.25, -0.2) is 0 Å². The largest absolute Gasteiger partial charge is 0.493 e. The highest BCUT2D eigenvalue weighted by molar-refractivity contribution is 5.59. The molecule has 0 saturated heterocycles. The monoisotopic (exact) mass is 209 g/mol. The van der Waals surface area contributed by atoms with E-state index in [-0.39, 0.29) is 0 Å². The highest BCUT2D eigenvalue weighted by Gasteiger charge is 1.99. The van der Waals surface area contributed by atoms with E-state index in [1.807, 2.05) is 18.2 Å². The molecule has 0 aromatic heterocycles. The van der Waals surface area contributed by atoms with Gasteiger partial charge in [0, 0.05) is 36.6 Å². The minimum Gasteiger partial charge on any atom is -0.493 e. The number of nitrogens with one attached hydrogen (secondary N) is 1. The lowest BCUT2D eigenvalue weighted by Crippen LogP contribution is -2.13. The zero-order valence-electron chi connectivity index (χ0n) is 9.12. The van der Waals surface area contributed by atoms with Crippen molar-refractivity contribution in [3.8, 4) is 5.75 Å². The number of hydrogen-bond donors (Lipinski definition) is 3. The highest BCUT2D eigenvalue weighted by Crippen LogP contribution is 2.22. The van der Waals surface area contributed by atoms with Crippen LogP contribution in [0.1, 0.15) is 13.3 Å². The van der Waals surface area contributed by atoms with E-state index < -0.39 is 0 Å². The van der Waals surface area contributed by atoms with Gasteiger partial charge in [-0.3, -0.25) is 0 Å². The number of benzene rings is 1. The molecule has 1 aromatic carbocycles. The molecular formula is C11H19N3O. The number of anilines is 2. The third-order valence-corrected chi connectivity index (χ3v) is 1.88. The molecule has 0 saturated carbocycles. The van der Waals surface area contributed by atoms with Crippen LogP contribution in [0, 0.1) is 0 Å². The van der Waals surface area contributed by atoms with Crippen LogP contribution in [-0.4, -0.2) is 19.7 Å². The fraction of sp³-hybridized carbons (Fsp3) is 0.455. The van der Waals surface area contributed by atoms with E-state index in [1.54, 1.807) is 0 Å². The van der Waals surface area contributed by atoms with Crippen molar-refractivity contribution in [2.24, 2.45) is 5.73 Å². The Morgan fingerprint density at radius 3 is 2.80 bits per heavy atom. The van der Waals surface area contributed by atoms with Crippen LogP contribution in [0.4, 0.5) is 11.4 Å². The van der Waals surface area contributed by atoms with Crippen LogP contribution in [0.3, 0.4) is 0 Å². The van der Waals surface area contributed by atoms with E-state index in [0.29, 0.717) is 18.8 Å². The maximum atomic E-state index is 5.75. The van der Waals surface area contributed by atoms with E-state index in [9.17, 15) is 0 Å². The molecule has 84 valence electrons. The van der Waals surface area contributed by atoms with E-state index in [1.165, 1.54) is 0 Å². The molecule has 1 rings (SSSR count). The van der Waals surface area contributed by atoms with E-state index in [0.717, 1.165) is 24.4 Å². The number of nitrogen functional groups attached to an aromatic ring is 1. The molecule has 0 aliphatic heterocycles. The Labute approximate surface area is 90.6 Å². The molecule has 15 heavy (non-hydrogen) atoms. The Morgan fingerprint density at radius 1 is 1.33 bits per heavy atom. The number of hydrogen-bond acceptors (Lipinski definition) is 4. The van der Waals surface area contributed by atoms with Crippen LogP contribution in [0.25, 0.3) is 0 Å².